The van der Waals surface area contributed by atoms with Crippen LogP contribution in [0.25, 0.3) is 10.9 Å². The molecule has 0 aliphatic heterocycles. The molecule has 0 unspecified atom stereocenters. The molecule has 0 radical (unpaired) electrons. The Morgan fingerprint density at radius 1 is 1.18 bits per heavy atom. The second-order valence-corrected chi connectivity index (χ2v) is 6.80. The Bertz CT molecular complexity index is 596. The van der Waals surface area contributed by atoms with Gasteiger partial charge in [-0.25, -0.2) is 0 Å². The van der Waals surface area contributed by atoms with E-state index in [2.05, 4.69) is 62.4 Å². The van der Waals surface area contributed by atoms with Gasteiger partial charge in [-0.3, -0.25) is 0 Å². The van der Waals surface area contributed by atoms with Crippen LogP contribution in [-0.4, -0.2) is 4.57 Å². The molecule has 1 aliphatic rings. The van der Waals surface area contributed by atoms with E-state index in [-0.39, 0.29) is 0 Å². The van der Waals surface area contributed by atoms with E-state index in [0.29, 0.717) is 6.04 Å². The highest BCUT2D eigenvalue weighted by Gasteiger charge is 2.24. The highest BCUT2D eigenvalue weighted by Crippen LogP contribution is 2.40. The van der Waals surface area contributed by atoms with Crippen molar-refractivity contribution >= 4 is 42.8 Å². The average molecular weight is 357 g/mol. The number of benzene rings is 1. The van der Waals surface area contributed by atoms with Crippen LogP contribution in [0.4, 0.5) is 0 Å². The van der Waals surface area contributed by atoms with Gasteiger partial charge in [0.1, 0.15) is 0 Å². The third-order valence-electron chi connectivity index (χ3n) is 3.59. The predicted octanol–water partition coefficient (Wildman–Crippen LogP) is 5.24. The minimum absolute atomic E-state index is 0.525. The van der Waals surface area contributed by atoms with Gasteiger partial charge in [0, 0.05) is 26.1 Å². The smallest absolute Gasteiger partial charge is 0.0632 e. The molecule has 2 aromatic rings. The molecular formula is C14H15Br2N. The number of rotatable bonds is 1. The van der Waals surface area contributed by atoms with Gasteiger partial charge in [-0.1, -0.05) is 15.9 Å². The summed E-state index contributed by atoms with van der Waals surface area (Å²) in [6.45, 7) is 4.54. The Labute approximate surface area is 118 Å². The van der Waals surface area contributed by atoms with Crippen LogP contribution in [0.5, 0.6) is 0 Å². The fraction of sp³-hybridized carbons (Fsp3) is 0.429. The number of aryl methyl sites for hydroxylation is 1. The third-order valence-corrected chi connectivity index (χ3v) is 4.65. The van der Waals surface area contributed by atoms with Gasteiger partial charge in [0.2, 0.25) is 0 Å². The van der Waals surface area contributed by atoms with Gasteiger partial charge >= 0.3 is 0 Å². The summed E-state index contributed by atoms with van der Waals surface area (Å²) in [4.78, 5) is 0. The summed E-state index contributed by atoms with van der Waals surface area (Å²) in [7, 11) is 0. The maximum atomic E-state index is 3.72. The van der Waals surface area contributed by atoms with Gasteiger partial charge < -0.3 is 4.57 Å². The summed E-state index contributed by atoms with van der Waals surface area (Å²) in [5.74, 6) is 0. The second-order valence-electron chi connectivity index (χ2n) is 5.03. The molecule has 0 saturated heterocycles. The summed E-state index contributed by atoms with van der Waals surface area (Å²) in [6, 6.07) is 4.94. The minimum Gasteiger partial charge on any atom is -0.341 e. The van der Waals surface area contributed by atoms with Gasteiger partial charge in [0.15, 0.2) is 0 Å². The maximum absolute atomic E-state index is 3.72. The molecule has 1 heterocycles. The number of hydrogen-bond donors (Lipinski definition) is 0. The summed E-state index contributed by atoms with van der Waals surface area (Å²) in [6.07, 6.45) is 3.76. The van der Waals surface area contributed by atoms with E-state index in [1.165, 1.54) is 34.6 Å². The first kappa shape index (κ1) is 11.8. The largest absolute Gasteiger partial charge is 0.341 e. The highest BCUT2D eigenvalue weighted by atomic mass is 79.9. The van der Waals surface area contributed by atoms with Gasteiger partial charge in [-0.05, 0) is 66.7 Å². The number of aromatic nitrogens is 1. The Morgan fingerprint density at radius 3 is 2.65 bits per heavy atom. The topological polar surface area (TPSA) is 4.93 Å². The van der Waals surface area contributed by atoms with E-state index < -0.39 is 0 Å². The zero-order valence-electron chi connectivity index (χ0n) is 10.1. The van der Waals surface area contributed by atoms with Gasteiger partial charge in [0.05, 0.1) is 5.52 Å². The lowest BCUT2D eigenvalue weighted by Gasteiger charge is -2.14. The predicted molar refractivity (Wildman–Crippen MR) is 79.7 cm³/mol. The van der Waals surface area contributed by atoms with Crippen LogP contribution in [0.3, 0.4) is 0 Å². The molecule has 0 N–H and O–H groups in total. The third kappa shape index (κ3) is 1.70. The van der Waals surface area contributed by atoms with E-state index >= 15 is 0 Å². The quantitative estimate of drug-likeness (QED) is 0.658. The molecule has 0 bridgehead atoms. The zero-order valence-corrected chi connectivity index (χ0v) is 13.2. The molecule has 0 fully saturated rings. The van der Waals surface area contributed by atoms with Crippen molar-refractivity contribution in [3.63, 3.8) is 0 Å². The van der Waals surface area contributed by atoms with E-state index in [4.69, 9.17) is 0 Å². The van der Waals surface area contributed by atoms with Crippen LogP contribution in [0.2, 0.25) is 0 Å². The van der Waals surface area contributed by atoms with Crippen molar-refractivity contribution < 1.29 is 0 Å². The molecule has 3 heteroatoms. The van der Waals surface area contributed by atoms with Crippen molar-refractivity contribution in [1.82, 2.24) is 4.57 Å². The molecule has 0 atom stereocenters. The molecule has 1 aromatic heterocycles. The van der Waals surface area contributed by atoms with Crippen molar-refractivity contribution in [3.8, 4) is 0 Å². The average Bonchev–Trinajstić information content (AvgIpc) is 2.77. The number of halogens is 2. The van der Waals surface area contributed by atoms with Crippen LogP contribution in [0, 0.1) is 0 Å². The standard InChI is InChI=1S/C14H15Br2N/c1-8(2)17-13-5-3-4-10(13)11-6-9(15)7-12(16)14(11)17/h6-8H,3-5H2,1-2H3. The molecular weight excluding hydrogens is 342 g/mol. The lowest BCUT2D eigenvalue weighted by atomic mass is 10.1. The van der Waals surface area contributed by atoms with Crippen molar-refractivity contribution in [2.75, 3.05) is 0 Å². The van der Waals surface area contributed by atoms with Gasteiger partial charge in [-0.15, -0.1) is 0 Å². The molecule has 90 valence electrons. The molecule has 1 aliphatic carbocycles. The Morgan fingerprint density at radius 2 is 1.94 bits per heavy atom. The minimum atomic E-state index is 0.525. The number of hydrogen-bond acceptors (Lipinski definition) is 0. The van der Waals surface area contributed by atoms with E-state index in [1.54, 1.807) is 11.3 Å². The summed E-state index contributed by atoms with van der Waals surface area (Å²) in [5, 5.41) is 1.42. The van der Waals surface area contributed by atoms with Crippen LogP contribution >= 0.6 is 31.9 Å². The zero-order chi connectivity index (χ0) is 12.2. The summed E-state index contributed by atoms with van der Waals surface area (Å²) in [5.41, 5.74) is 4.48. The van der Waals surface area contributed by atoms with Crippen molar-refractivity contribution in [2.24, 2.45) is 0 Å². The molecule has 3 rings (SSSR count). The lowest BCUT2D eigenvalue weighted by Crippen LogP contribution is -2.04. The van der Waals surface area contributed by atoms with Crippen molar-refractivity contribution in [3.05, 3.63) is 32.3 Å². The van der Waals surface area contributed by atoms with Crippen LogP contribution < -0.4 is 0 Å². The normalized spacial score (nSPS) is 14.9. The first-order valence-corrected chi connectivity index (χ1v) is 7.69. The SMILES string of the molecule is CC(C)n1c2c(c3cc(Br)cc(Br)c31)CCC2. The molecule has 0 amide bonds. The molecule has 1 nitrogen and oxygen atoms in total. The Balaban J connectivity index is 2.46. The monoisotopic (exact) mass is 355 g/mol. The highest BCUT2D eigenvalue weighted by molar-refractivity contribution is 9.11. The number of nitrogens with zero attached hydrogens (tertiary/aromatic N) is 1. The molecule has 0 spiro atoms. The van der Waals surface area contributed by atoms with E-state index in [9.17, 15) is 0 Å². The summed E-state index contributed by atoms with van der Waals surface area (Å²) < 4.78 is 4.87. The fourth-order valence-electron chi connectivity index (χ4n) is 3.03. The van der Waals surface area contributed by atoms with Gasteiger partial charge in [0.25, 0.3) is 0 Å². The maximum Gasteiger partial charge on any atom is 0.0632 e. The van der Waals surface area contributed by atoms with E-state index in [1.807, 2.05) is 0 Å². The Hall–Kier alpha value is -0.280. The van der Waals surface area contributed by atoms with Crippen molar-refractivity contribution in [2.45, 2.75) is 39.2 Å². The fourth-order valence-corrected chi connectivity index (χ4v) is 4.45. The summed E-state index contributed by atoms with van der Waals surface area (Å²) >= 11 is 7.32. The van der Waals surface area contributed by atoms with Crippen molar-refractivity contribution in [1.29, 1.82) is 0 Å². The molecule has 1 aromatic carbocycles. The molecule has 17 heavy (non-hydrogen) atoms. The lowest BCUT2D eigenvalue weighted by molar-refractivity contribution is 0.596. The Kier molecular flexibility index (Phi) is 2.86. The first-order chi connectivity index (χ1) is 8.09. The van der Waals surface area contributed by atoms with Gasteiger partial charge in [-0.2, -0.15) is 0 Å². The van der Waals surface area contributed by atoms with Crippen LogP contribution in [-0.2, 0) is 12.8 Å². The first-order valence-electron chi connectivity index (χ1n) is 6.10. The number of fused-ring (bicyclic) bond motifs is 3. The molecule has 0 saturated carbocycles. The van der Waals surface area contributed by atoms with Crippen LogP contribution in [0.15, 0.2) is 21.1 Å². The van der Waals surface area contributed by atoms with Crippen LogP contribution in [0.1, 0.15) is 37.6 Å². The second kappa shape index (κ2) is 4.13. The van der Waals surface area contributed by atoms with E-state index in [0.717, 1.165) is 4.47 Å².